The molecule has 1 fully saturated rings. The van der Waals surface area contributed by atoms with E-state index in [0.29, 0.717) is 35.4 Å². The van der Waals surface area contributed by atoms with E-state index in [9.17, 15) is 14.0 Å². The van der Waals surface area contributed by atoms with Gasteiger partial charge in [-0.15, -0.1) is 11.8 Å². The average molecular weight is 619 g/mol. The summed E-state index contributed by atoms with van der Waals surface area (Å²) in [6.45, 7) is 11.1. The molecule has 10 heteroatoms. The van der Waals surface area contributed by atoms with Gasteiger partial charge in [0.1, 0.15) is 23.5 Å². The van der Waals surface area contributed by atoms with E-state index < -0.39 is 0 Å². The number of thioether (sulfide) groups is 1. The highest BCUT2D eigenvalue weighted by molar-refractivity contribution is 7.99. The fourth-order valence-electron chi connectivity index (χ4n) is 6.32. The van der Waals surface area contributed by atoms with E-state index in [2.05, 4.69) is 29.5 Å². The Balaban J connectivity index is 1.51. The summed E-state index contributed by atoms with van der Waals surface area (Å²) in [7, 11) is 0. The zero-order valence-electron chi connectivity index (χ0n) is 24.2. The largest absolute Gasteiger partial charge is 0.488 e. The molecule has 3 aromatic carbocycles. The Labute approximate surface area is 258 Å². The number of anilines is 1. The molecule has 0 saturated carbocycles. The number of hydrogen-bond donors (Lipinski definition) is 0. The number of rotatable bonds is 5. The second kappa shape index (κ2) is 11.7. The molecule has 4 aromatic rings. The molecule has 1 saturated heterocycles. The van der Waals surface area contributed by atoms with Gasteiger partial charge >= 0.3 is 5.69 Å². The van der Waals surface area contributed by atoms with Gasteiger partial charge in [0.25, 0.3) is 0 Å². The Morgan fingerprint density at radius 3 is 2.51 bits per heavy atom. The van der Waals surface area contributed by atoms with Crippen molar-refractivity contribution in [1.82, 2.24) is 14.5 Å². The molecule has 3 heterocycles. The number of nitrogens with zero attached hydrogens (tertiary/aromatic N) is 4. The van der Waals surface area contributed by atoms with E-state index in [0.717, 1.165) is 32.5 Å². The van der Waals surface area contributed by atoms with Gasteiger partial charge in [-0.2, -0.15) is 4.98 Å². The molecule has 0 bridgehead atoms. The minimum atomic E-state index is -0.371. The van der Waals surface area contributed by atoms with Crippen molar-refractivity contribution in [3.63, 3.8) is 0 Å². The zero-order valence-corrected chi connectivity index (χ0v) is 25.8. The fraction of sp³-hybridized carbons (Fsp3) is 0.303. The molecule has 6 rings (SSSR count). The summed E-state index contributed by atoms with van der Waals surface area (Å²) in [6, 6.07) is 15.6. The second-order valence-electron chi connectivity index (χ2n) is 11.2. The summed E-state index contributed by atoms with van der Waals surface area (Å²) in [4.78, 5) is 36.0. The van der Waals surface area contributed by atoms with E-state index >= 15 is 0 Å². The van der Waals surface area contributed by atoms with Crippen molar-refractivity contribution in [2.24, 2.45) is 0 Å². The molecule has 2 aliphatic heterocycles. The lowest BCUT2D eigenvalue weighted by Crippen LogP contribution is -2.58. The van der Waals surface area contributed by atoms with Crippen LogP contribution in [0.2, 0.25) is 5.02 Å². The van der Waals surface area contributed by atoms with Gasteiger partial charge in [-0.1, -0.05) is 30.3 Å². The number of carbonyl (C=O) groups excluding carboxylic acids is 1. The van der Waals surface area contributed by atoms with Crippen molar-refractivity contribution in [1.29, 1.82) is 0 Å². The number of amides is 1. The van der Waals surface area contributed by atoms with Gasteiger partial charge in [0.05, 0.1) is 12.1 Å². The molecule has 43 heavy (non-hydrogen) atoms. The van der Waals surface area contributed by atoms with Crippen LogP contribution in [-0.4, -0.2) is 57.4 Å². The number of hydrogen-bond acceptors (Lipinski definition) is 6. The van der Waals surface area contributed by atoms with E-state index in [1.54, 1.807) is 28.5 Å². The molecular weight excluding hydrogens is 587 g/mol. The maximum atomic E-state index is 13.9. The minimum Gasteiger partial charge on any atom is -0.488 e. The quantitative estimate of drug-likeness (QED) is 0.244. The second-order valence-corrected chi connectivity index (χ2v) is 12.7. The standard InChI is InChI=1S/C33H32ClFN4O3S/c1-5-28(40)39-20(3)15-37(16-21(39)4)32-27-13-19(2)29(22-7-6-8-23(34)14-22)31-30(27)38(33(41)36-32)17-26(18-43-31)42-25-11-9-24(35)10-12-25/h5-14,20-21,26H,1,15-18H2,2-4H3/t20-,21+,26-/m0/s1. The Morgan fingerprint density at radius 1 is 1.12 bits per heavy atom. The normalized spacial score (nSPS) is 20.2. The van der Waals surface area contributed by atoms with Crippen molar-refractivity contribution in [2.75, 3.05) is 23.7 Å². The van der Waals surface area contributed by atoms with E-state index in [1.807, 2.05) is 43.0 Å². The molecule has 7 nitrogen and oxygen atoms in total. The highest BCUT2D eigenvalue weighted by Crippen LogP contribution is 2.44. The smallest absolute Gasteiger partial charge is 0.350 e. The van der Waals surface area contributed by atoms with Crippen LogP contribution in [0.15, 0.2) is 76.9 Å². The SMILES string of the molecule is C=CC(=O)N1[C@H](C)CN(c2nc(=O)n3c4c(c(-c5cccc(Cl)c5)c(C)cc24)SC[C@@H](Oc2ccc(F)cc2)C3)C[C@@H]1C. The lowest BCUT2D eigenvalue weighted by Gasteiger charge is -2.44. The average Bonchev–Trinajstić information content (AvgIpc) is 3.16. The van der Waals surface area contributed by atoms with Crippen LogP contribution in [0.3, 0.4) is 0 Å². The topological polar surface area (TPSA) is 67.7 Å². The third kappa shape index (κ3) is 5.52. The molecule has 0 spiro atoms. The molecule has 2 aliphatic rings. The predicted octanol–water partition coefficient (Wildman–Crippen LogP) is 6.33. The summed E-state index contributed by atoms with van der Waals surface area (Å²) in [5.74, 6) is 1.27. The summed E-state index contributed by atoms with van der Waals surface area (Å²) in [5.41, 5.74) is 3.43. The van der Waals surface area contributed by atoms with Crippen molar-refractivity contribution in [2.45, 2.75) is 50.4 Å². The first kappa shape index (κ1) is 29.3. The summed E-state index contributed by atoms with van der Waals surface area (Å²) in [5, 5.41) is 1.50. The van der Waals surface area contributed by atoms with Crippen molar-refractivity contribution >= 4 is 46.0 Å². The Bertz CT molecular complexity index is 1780. The van der Waals surface area contributed by atoms with Gasteiger partial charge in [-0.05, 0) is 80.4 Å². The lowest BCUT2D eigenvalue weighted by molar-refractivity contribution is -0.130. The van der Waals surface area contributed by atoms with E-state index in [1.165, 1.54) is 18.2 Å². The van der Waals surface area contributed by atoms with Gasteiger partial charge in [-0.3, -0.25) is 9.36 Å². The maximum absolute atomic E-state index is 13.9. The molecule has 0 N–H and O–H groups in total. The Morgan fingerprint density at radius 2 is 1.84 bits per heavy atom. The highest BCUT2D eigenvalue weighted by Gasteiger charge is 2.35. The Hall–Kier alpha value is -3.82. The van der Waals surface area contributed by atoms with E-state index in [4.69, 9.17) is 16.3 Å². The summed E-state index contributed by atoms with van der Waals surface area (Å²) < 4.78 is 21.5. The van der Waals surface area contributed by atoms with Crippen LogP contribution in [0.4, 0.5) is 10.2 Å². The number of aromatic nitrogens is 2. The van der Waals surface area contributed by atoms with Crippen LogP contribution in [0.5, 0.6) is 5.75 Å². The molecular formula is C33H32ClFN4O3S. The zero-order chi connectivity index (χ0) is 30.4. The highest BCUT2D eigenvalue weighted by atomic mass is 35.5. The molecule has 0 aliphatic carbocycles. The monoisotopic (exact) mass is 618 g/mol. The van der Waals surface area contributed by atoms with Gasteiger partial charge in [0.15, 0.2) is 0 Å². The van der Waals surface area contributed by atoms with Crippen LogP contribution in [0.1, 0.15) is 19.4 Å². The molecule has 0 unspecified atom stereocenters. The number of benzene rings is 3. The molecule has 0 radical (unpaired) electrons. The number of ether oxygens (including phenoxy) is 1. The van der Waals surface area contributed by atoms with Crippen LogP contribution >= 0.6 is 23.4 Å². The van der Waals surface area contributed by atoms with Crippen molar-refractivity contribution in [3.05, 3.63) is 94.1 Å². The van der Waals surface area contributed by atoms with Crippen LogP contribution in [-0.2, 0) is 11.3 Å². The summed E-state index contributed by atoms with van der Waals surface area (Å²) in [6.07, 6.45) is 0.985. The predicted molar refractivity (Wildman–Crippen MR) is 171 cm³/mol. The van der Waals surface area contributed by atoms with Crippen LogP contribution < -0.4 is 15.3 Å². The maximum Gasteiger partial charge on any atom is 0.350 e. The molecule has 1 aromatic heterocycles. The summed E-state index contributed by atoms with van der Waals surface area (Å²) >= 11 is 8.06. The minimum absolute atomic E-state index is 0.0987. The van der Waals surface area contributed by atoms with Gasteiger partial charge < -0.3 is 14.5 Å². The fourth-order valence-corrected chi connectivity index (χ4v) is 7.82. The number of piperazine rings is 1. The lowest BCUT2D eigenvalue weighted by atomic mass is 9.97. The van der Waals surface area contributed by atoms with Crippen molar-refractivity contribution < 1.29 is 13.9 Å². The third-order valence-corrected chi connectivity index (χ3v) is 9.53. The first-order valence-corrected chi connectivity index (χ1v) is 15.6. The molecule has 3 atom stereocenters. The van der Waals surface area contributed by atoms with Gasteiger partial charge in [0, 0.05) is 51.8 Å². The number of carbonyl (C=O) groups is 1. The molecule has 1 amide bonds. The van der Waals surface area contributed by atoms with Crippen molar-refractivity contribution in [3.8, 4) is 16.9 Å². The number of aryl methyl sites for hydroxylation is 1. The van der Waals surface area contributed by atoms with E-state index in [-0.39, 0.29) is 42.1 Å². The number of halogens is 2. The third-order valence-electron chi connectivity index (χ3n) is 8.07. The van der Waals surface area contributed by atoms with Crippen LogP contribution in [0, 0.1) is 12.7 Å². The first-order chi connectivity index (χ1) is 20.6. The first-order valence-electron chi connectivity index (χ1n) is 14.2. The van der Waals surface area contributed by atoms with Gasteiger partial charge in [0.2, 0.25) is 5.91 Å². The van der Waals surface area contributed by atoms with Gasteiger partial charge in [-0.25, -0.2) is 9.18 Å². The van der Waals surface area contributed by atoms with Crippen LogP contribution in [0.25, 0.3) is 22.0 Å². The molecule has 222 valence electrons. The Kier molecular flexibility index (Phi) is 7.96.